The van der Waals surface area contributed by atoms with Gasteiger partial charge in [0.2, 0.25) is 5.91 Å². The first-order valence-corrected chi connectivity index (χ1v) is 7.76. The Kier molecular flexibility index (Phi) is 4.19. The molecule has 1 aliphatic carbocycles. The molecule has 0 spiro atoms. The Hall–Kier alpha value is -1.84. The van der Waals surface area contributed by atoms with Crippen LogP contribution in [0, 0.1) is 0 Å². The van der Waals surface area contributed by atoms with Crippen LogP contribution in [0.3, 0.4) is 0 Å². The van der Waals surface area contributed by atoms with Gasteiger partial charge in [-0.15, -0.1) is 0 Å². The number of amides is 1. The largest absolute Gasteiger partial charge is 0.383 e. The molecule has 3 nitrogen and oxygen atoms in total. The number of hydrogen-bond acceptors (Lipinski definition) is 2. The summed E-state index contributed by atoms with van der Waals surface area (Å²) in [7, 11) is 0. The van der Waals surface area contributed by atoms with E-state index in [0.717, 1.165) is 23.1 Å². The number of aliphatic hydroxyl groups is 1. The number of carbonyl (C=O) groups is 1. The first-order chi connectivity index (χ1) is 10.6. The van der Waals surface area contributed by atoms with Crippen molar-refractivity contribution in [3.8, 4) is 0 Å². The van der Waals surface area contributed by atoms with Crippen molar-refractivity contribution in [2.24, 2.45) is 0 Å². The van der Waals surface area contributed by atoms with Gasteiger partial charge < -0.3 is 10.4 Å². The molecule has 0 aliphatic heterocycles. The summed E-state index contributed by atoms with van der Waals surface area (Å²) in [5.74, 6) is -0.0971. The van der Waals surface area contributed by atoms with E-state index in [1.807, 2.05) is 36.4 Å². The van der Waals surface area contributed by atoms with E-state index in [9.17, 15) is 9.90 Å². The average molecular weight is 316 g/mol. The van der Waals surface area contributed by atoms with Crippen molar-refractivity contribution in [1.82, 2.24) is 5.32 Å². The molecule has 3 rings (SSSR count). The highest BCUT2D eigenvalue weighted by molar-refractivity contribution is 6.30. The number of carbonyl (C=O) groups excluding carboxylic acids is 1. The van der Waals surface area contributed by atoms with Gasteiger partial charge in [-0.3, -0.25) is 4.79 Å². The second-order valence-electron chi connectivity index (χ2n) is 5.77. The fraction of sp³-hybridized carbons (Fsp3) is 0.278. The lowest BCUT2D eigenvalue weighted by Crippen LogP contribution is -2.39. The van der Waals surface area contributed by atoms with Crippen LogP contribution in [0.2, 0.25) is 5.02 Å². The Morgan fingerprint density at radius 3 is 2.68 bits per heavy atom. The Morgan fingerprint density at radius 1 is 1.18 bits per heavy atom. The van der Waals surface area contributed by atoms with Gasteiger partial charge in [-0.1, -0.05) is 48.0 Å². The molecule has 2 aromatic rings. The van der Waals surface area contributed by atoms with Crippen molar-refractivity contribution >= 4 is 17.5 Å². The van der Waals surface area contributed by atoms with Crippen LogP contribution in [0.25, 0.3) is 0 Å². The van der Waals surface area contributed by atoms with E-state index in [-0.39, 0.29) is 18.9 Å². The average Bonchev–Trinajstić information content (AvgIpc) is 2.86. The highest BCUT2D eigenvalue weighted by atomic mass is 35.5. The van der Waals surface area contributed by atoms with E-state index in [0.29, 0.717) is 11.4 Å². The van der Waals surface area contributed by atoms with Crippen LogP contribution in [0.1, 0.15) is 23.1 Å². The third-order valence-electron chi connectivity index (χ3n) is 4.18. The summed E-state index contributed by atoms with van der Waals surface area (Å²) < 4.78 is 0. The van der Waals surface area contributed by atoms with Crippen LogP contribution in [0.4, 0.5) is 0 Å². The van der Waals surface area contributed by atoms with Crippen molar-refractivity contribution in [3.05, 3.63) is 70.2 Å². The standard InChI is InChI=1S/C18H18ClNO2/c19-15-7-5-13(6-8-15)11-17(21)20-12-18(22)10-9-14-3-1-2-4-16(14)18/h1-8,22H,9-12H2,(H,20,21). The molecule has 0 heterocycles. The minimum Gasteiger partial charge on any atom is -0.383 e. The lowest BCUT2D eigenvalue weighted by atomic mass is 9.96. The van der Waals surface area contributed by atoms with Gasteiger partial charge in [-0.2, -0.15) is 0 Å². The number of halogens is 1. The molecular formula is C18H18ClNO2. The summed E-state index contributed by atoms with van der Waals surface area (Å²) in [4.78, 5) is 12.1. The third kappa shape index (κ3) is 3.16. The molecule has 0 bridgehead atoms. The highest BCUT2D eigenvalue weighted by Gasteiger charge is 2.36. The molecule has 2 N–H and O–H groups in total. The fourth-order valence-electron chi connectivity index (χ4n) is 2.95. The molecule has 4 heteroatoms. The molecule has 114 valence electrons. The number of hydrogen-bond donors (Lipinski definition) is 2. The van der Waals surface area contributed by atoms with E-state index in [1.165, 1.54) is 0 Å². The minimum atomic E-state index is -0.952. The van der Waals surface area contributed by atoms with Crippen LogP contribution in [0.5, 0.6) is 0 Å². The van der Waals surface area contributed by atoms with Gasteiger partial charge in [-0.05, 0) is 41.7 Å². The zero-order valence-corrected chi connectivity index (χ0v) is 12.9. The summed E-state index contributed by atoms with van der Waals surface area (Å²) in [5.41, 5.74) is 2.05. The van der Waals surface area contributed by atoms with Gasteiger partial charge >= 0.3 is 0 Å². The van der Waals surface area contributed by atoms with Crippen molar-refractivity contribution < 1.29 is 9.90 Å². The number of nitrogens with one attached hydrogen (secondary N) is 1. The van der Waals surface area contributed by atoms with Crippen molar-refractivity contribution in [3.63, 3.8) is 0 Å². The van der Waals surface area contributed by atoms with Crippen LogP contribution in [-0.4, -0.2) is 17.6 Å². The van der Waals surface area contributed by atoms with E-state index >= 15 is 0 Å². The number of benzene rings is 2. The molecule has 0 saturated heterocycles. The molecular weight excluding hydrogens is 298 g/mol. The first kappa shape index (κ1) is 15.1. The van der Waals surface area contributed by atoms with Gasteiger partial charge in [0.1, 0.15) is 5.60 Å². The van der Waals surface area contributed by atoms with Crippen LogP contribution >= 0.6 is 11.6 Å². The molecule has 1 amide bonds. The minimum absolute atomic E-state index is 0.0971. The van der Waals surface area contributed by atoms with Crippen LogP contribution in [0.15, 0.2) is 48.5 Å². The van der Waals surface area contributed by atoms with Crippen molar-refractivity contribution in [1.29, 1.82) is 0 Å². The van der Waals surface area contributed by atoms with Crippen LogP contribution in [-0.2, 0) is 23.2 Å². The van der Waals surface area contributed by atoms with Gasteiger partial charge in [0.05, 0.1) is 13.0 Å². The Labute approximate surface area is 134 Å². The number of rotatable bonds is 4. The van der Waals surface area contributed by atoms with E-state index in [1.54, 1.807) is 12.1 Å². The molecule has 0 saturated carbocycles. The second-order valence-corrected chi connectivity index (χ2v) is 6.21. The number of fused-ring (bicyclic) bond motifs is 1. The third-order valence-corrected chi connectivity index (χ3v) is 4.43. The van der Waals surface area contributed by atoms with Crippen molar-refractivity contribution in [2.75, 3.05) is 6.54 Å². The van der Waals surface area contributed by atoms with E-state index < -0.39 is 5.60 Å². The Balaban J connectivity index is 1.61. The zero-order chi connectivity index (χ0) is 15.6. The smallest absolute Gasteiger partial charge is 0.224 e. The quantitative estimate of drug-likeness (QED) is 0.911. The monoisotopic (exact) mass is 315 g/mol. The molecule has 1 aliphatic rings. The first-order valence-electron chi connectivity index (χ1n) is 7.39. The zero-order valence-electron chi connectivity index (χ0n) is 12.2. The Morgan fingerprint density at radius 2 is 1.91 bits per heavy atom. The predicted molar refractivity (Wildman–Crippen MR) is 86.8 cm³/mol. The maximum atomic E-state index is 12.1. The lowest BCUT2D eigenvalue weighted by Gasteiger charge is -2.24. The molecule has 0 fully saturated rings. The lowest BCUT2D eigenvalue weighted by molar-refractivity contribution is -0.121. The van der Waals surface area contributed by atoms with Crippen LogP contribution < -0.4 is 5.32 Å². The molecule has 0 radical (unpaired) electrons. The summed E-state index contributed by atoms with van der Waals surface area (Å²) in [6.45, 7) is 0.246. The molecule has 1 atom stereocenters. The van der Waals surface area contributed by atoms with Gasteiger partial charge in [0.25, 0.3) is 0 Å². The molecule has 22 heavy (non-hydrogen) atoms. The Bertz CT molecular complexity index is 684. The van der Waals surface area contributed by atoms with Gasteiger partial charge in [0, 0.05) is 5.02 Å². The van der Waals surface area contributed by atoms with E-state index in [2.05, 4.69) is 5.32 Å². The molecule has 2 aromatic carbocycles. The molecule has 0 aromatic heterocycles. The fourth-order valence-corrected chi connectivity index (χ4v) is 3.07. The normalized spacial score (nSPS) is 19.7. The highest BCUT2D eigenvalue weighted by Crippen LogP contribution is 2.36. The summed E-state index contributed by atoms with van der Waals surface area (Å²) in [5, 5.41) is 14.3. The SMILES string of the molecule is O=C(Cc1ccc(Cl)cc1)NCC1(O)CCc2ccccc21. The maximum absolute atomic E-state index is 12.1. The molecule has 1 unspecified atom stereocenters. The van der Waals surface area contributed by atoms with Gasteiger partial charge in [-0.25, -0.2) is 0 Å². The second kappa shape index (κ2) is 6.11. The predicted octanol–water partition coefficient (Wildman–Crippen LogP) is 2.83. The summed E-state index contributed by atoms with van der Waals surface area (Å²) >= 11 is 5.83. The van der Waals surface area contributed by atoms with Crippen molar-refractivity contribution in [2.45, 2.75) is 24.9 Å². The topological polar surface area (TPSA) is 49.3 Å². The van der Waals surface area contributed by atoms with Gasteiger partial charge in [0.15, 0.2) is 0 Å². The number of aryl methyl sites for hydroxylation is 1. The summed E-state index contributed by atoms with van der Waals surface area (Å²) in [6, 6.07) is 15.1. The maximum Gasteiger partial charge on any atom is 0.224 e. The summed E-state index contributed by atoms with van der Waals surface area (Å²) in [6.07, 6.45) is 1.78. The van der Waals surface area contributed by atoms with E-state index in [4.69, 9.17) is 11.6 Å².